The SMILES string of the molecule is CC(C)[C@@H](NC(=O)c1ccc(F)cc1)c1ccccc1. The zero-order chi connectivity index (χ0) is 14.5. The minimum absolute atomic E-state index is 0.0613. The van der Waals surface area contributed by atoms with Crippen LogP contribution in [0.4, 0.5) is 4.39 Å². The molecule has 20 heavy (non-hydrogen) atoms. The first-order valence-electron chi connectivity index (χ1n) is 6.69. The lowest BCUT2D eigenvalue weighted by molar-refractivity contribution is 0.0925. The average Bonchev–Trinajstić information content (AvgIpc) is 2.46. The summed E-state index contributed by atoms with van der Waals surface area (Å²) in [6.45, 7) is 4.12. The van der Waals surface area contributed by atoms with Crippen LogP contribution in [0, 0.1) is 11.7 Å². The Bertz CT molecular complexity index is 563. The van der Waals surface area contributed by atoms with Gasteiger partial charge in [0.2, 0.25) is 0 Å². The van der Waals surface area contributed by atoms with Gasteiger partial charge < -0.3 is 5.32 Å². The minimum Gasteiger partial charge on any atom is -0.345 e. The normalized spacial score (nSPS) is 12.2. The van der Waals surface area contributed by atoms with E-state index in [0.717, 1.165) is 5.56 Å². The standard InChI is InChI=1S/C17H18FNO/c1-12(2)16(13-6-4-3-5-7-13)19-17(20)14-8-10-15(18)11-9-14/h3-12,16H,1-2H3,(H,19,20)/t16-/m1/s1. The van der Waals surface area contributed by atoms with E-state index in [4.69, 9.17) is 0 Å². The maximum atomic E-state index is 12.9. The summed E-state index contributed by atoms with van der Waals surface area (Å²) in [5.74, 6) is -0.264. The molecule has 0 aromatic heterocycles. The monoisotopic (exact) mass is 271 g/mol. The molecule has 1 amide bonds. The fourth-order valence-corrected chi connectivity index (χ4v) is 2.12. The predicted molar refractivity (Wildman–Crippen MR) is 77.9 cm³/mol. The van der Waals surface area contributed by atoms with Crippen LogP contribution in [-0.4, -0.2) is 5.91 Å². The van der Waals surface area contributed by atoms with Gasteiger partial charge in [-0.15, -0.1) is 0 Å². The summed E-state index contributed by atoms with van der Waals surface area (Å²) < 4.78 is 12.9. The van der Waals surface area contributed by atoms with E-state index in [1.54, 1.807) is 0 Å². The third-order valence-electron chi connectivity index (χ3n) is 3.22. The number of nitrogens with one attached hydrogen (secondary N) is 1. The molecule has 0 saturated heterocycles. The van der Waals surface area contributed by atoms with Crippen LogP contribution in [0.2, 0.25) is 0 Å². The van der Waals surface area contributed by atoms with Crippen molar-refractivity contribution in [1.82, 2.24) is 5.32 Å². The summed E-state index contributed by atoms with van der Waals surface area (Å²) in [7, 11) is 0. The number of carbonyl (C=O) groups is 1. The molecule has 2 aromatic rings. The highest BCUT2D eigenvalue weighted by Gasteiger charge is 2.18. The van der Waals surface area contributed by atoms with Crippen molar-refractivity contribution in [3.8, 4) is 0 Å². The second-order valence-electron chi connectivity index (χ2n) is 5.11. The van der Waals surface area contributed by atoms with Crippen LogP contribution < -0.4 is 5.32 Å². The summed E-state index contributed by atoms with van der Waals surface area (Å²) >= 11 is 0. The van der Waals surface area contributed by atoms with Gasteiger partial charge in [-0.25, -0.2) is 4.39 Å². The third kappa shape index (κ3) is 3.44. The molecule has 0 heterocycles. The van der Waals surface area contributed by atoms with Crippen molar-refractivity contribution in [2.45, 2.75) is 19.9 Å². The molecule has 0 spiro atoms. The first kappa shape index (κ1) is 14.3. The average molecular weight is 271 g/mol. The summed E-state index contributed by atoms with van der Waals surface area (Å²) in [5.41, 5.74) is 1.53. The summed E-state index contributed by atoms with van der Waals surface area (Å²) in [4.78, 5) is 12.2. The molecule has 1 atom stereocenters. The molecule has 104 valence electrons. The van der Waals surface area contributed by atoms with Crippen molar-refractivity contribution >= 4 is 5.91 Å². The van der Waals surface area contributed by atoms with Gasteiger partial charge in [0.05, 0.1) is 6.04 Å². The summed E-state index contributed by atoms with van der Waals surface area (Å²) in [6, 6.07) is 15.4. The van der Waals surface area contributed by atoms with E-state index in [9.17, 15) is 9.18 Å². The smallest absolute Gasteiger partial charge is 0.251 e. The Labute approximate surface area is 118 Å². The Morgan fingerprint density at radius 2 is 1.60 bits per heavy atom. The highest BCUT2D eigenvalue weighted by Crippen LogP contribution is 2.21. The number of carbonyl (C=O) groups excluding carboxylic acids is 1. The molecule has 3 heteroatoms. The minimum atomic E-state index is -0.343. The summed E-state index contributed by atoms with van der Waals surface area (Å²) in [6.07, 6.45) is 0. The number of hydrogen-bond acceptors (Lipinski definition) is 1. The zero-order valence-electron chi connectivity index (χ0n) is 11.6. The van der Waals surface area contributed by atoms with Crippen molar-refractivity contribution in [3.05, 3.63) is 71.5 Å². The van der Waals surface area contributed by atoms with Crippen LogP contribution in [0.5, 0.6) is 0 Å². The molecule has 2 rings (SSSR count). The van der Waals surface area contributed by atoms with Gasteiger partial charge in [0.1, 0.15) is 5.82 Å². The van der Waals surface area contributed by atoms with Crippen LogP contribution in [-0.2, 0) is 0 Å². The molecular formula is C17H18FNO. The maximum Gasteiger partial charge on any atom is 0.251 e. The number of amides is 1. The molecule has 0 bridgehead atoms. The fraction of sp³-hybridized carbons (Fsp3) is 0.235. The number of rotatable bonds is 4. The van der Waals surface area contributed by atoms with Crippen LogP contribution in [0.15, 0.2) is 54.6 Å². The molecule has 0 aliphatic heterocycles. The van der Waals surface area contributed by atoms with Gasteiger partial charge in [0.15, 0.2) is 0 Å². The van der Waals surface area contributed by atoms with Crippen LogP contribution in [0.1, 0.15) is 35.8 Å². The number of hydrogen-bond donors (Lipinski definition) is 1. The van der Waals surface area contributed by atoms with Crippen LogP contribution in [0.25, 0.3) is 0 Å². The molecule has 0 saturated carbocycles. The highest BCUT2D eigenvalue weighted by atomic mass is 19.1. The molecule has 1 N–H and O–H groups in total. The van der Waals surface area contributed by atoms with Crippen LogP contribution in [0.3, 0.4) is 0 Å². The van der Waals surface area contributed by atoms with E-state index in [0.29, 0.717) is 5.56 Å². The molecular weight excluding hydrogens is 253 g/mol. The van der Waals surface area contributed by atoms with Gasteiger partial charge in [-0.1, -0.05) is 44.2 Å². The number of halogens is 1. The van der Waals surface area contributed by atoms with Crippen molar-refractivity contribution < 1.29 is 9.18 Å². The zero-order valence-corrected chi connectivity index (χ0v) is 11.6. The highest BCUT2D eigenvalue weighted by molar-refractivity contribution is 5.94. The van der Waals surface area contributed by atoms with Gasteiger partial charge in [0.25, 0.3) is 5.91 Å². The van der Waals surface area contributed by atoms with E-state index in [1.807, 2.05) is 30.3 Å². The maximum absolute atomic E-state index is 12.9. The first-order chi connectivity index (χ1) is 9.58. The van der Waals surface area contributed by atoms with E-state index in [2.05, 4.69) is 19.2 Å². The van der Waals surface area contributed by atoms with Gasteiger partial charge in [-0.2, -0.15) is 0 Å². The van der Waals surface area contributed by atoms with Gasteiger partial charge in [-0.3, -0.25) is 4.79 Å². The molecule has 0 fully saturated rings. The molecule has 0 aliphatic rings. The lowest BCUT2D eigenvalue weighted by atomic mass is 9.95. The van der Waals surface area contributed by atoms with E-state index in [-0.39, 0.29) is 23.7 Å². The fourth-order valence-electron chi connectivity index (χ4n) is 2.12. The molecule has 2 nitrogen and oxygen atoms in total. The molecule has 0 unspecified atom stereocenters. The Morgan fingerprint density at radius 3 is 2.15 bits per heavy atom. The Kier molecular flexibility index (Phi) is 4.51. The molecule has 0 radical (unpaired) electrons. The van der Waals surface area contributed by atoms with E-state index in [1.165, 1.54) is 24.3 Å². The lowest BCUT2D eigenvalue weighted by Gasteiger charge is -2.23. The molecule has 2 aromatic carbocycles. The predicted octanol–water partition coefficient (Wildman–Crippen LogP) is 3.95. The van der Waals surface area contributed by atoms with Crippen molar-refractivity contribution in [1.29, 1.82) is 0 Å². The van der Waals surface area contributed by atoms with Crippen LogP contribution >= 0.6 is 0 Å². The summed E-state index contributed by atoms with van der Waals surface area (Å²) in [5, 5.41) is 3.01. The Morgan fingerprint density at radius 1 is 1.00 bits per heavy atom. The number of benzene rings is 2. The van der Waals surface area contributed by atoms with Gasteiger partial charge >= 0.3 is 0 Å². The van der Waals surface area contributed by atoms with Gasteiger partial charge in [0, 0.05) is 5.56 Å². The van der Waals surface area contributed by atoms with Gasteiger partial charge in [-0.05, 0) is 35.7 Å². The topological polar surface area (TPSA) is 29.1 Å². The first-order valence-corrected chi connectivity index (χ1v) is 6.69. The second kappa shape index (κ2) is 6.33. The Hall–Kier alpha value is -2.16. The van der Waals surface area contributed by atoms with Crippen molar-refractivity contribution in [2.24, 2.45) is 5.92 Å². The second-order valence-corrected chi connectivity index (χ2v) is 5.11. The van der Waals surface area contributed by atoms with Crippen molar-refractivity contribution in [3.63, 3.8) is 0 Å². The van der Waals surface area contributed by atoms with Crippen molar-refractivity contribution in [2.75, 3.05) is 0 Å². The van der Waals surface area contributed by atoms with E-state index >= 15 is 0 Å². The quantitative estimate of drug-likeness (QED) is 0.896. The third-order valence-corrected chi connectivity index (χ3v) is 3.22. The molecule has 0 aliphatic carbocycles. The van der Waals surface area contributed by atoms with E-state index < -0.39 is 0 Å². The lowest BCUT2D eigenvalue weighted by Crippen LogP contribution is -2.31. The largest absolute Gasteiger partial charge is 0.345 e. The Balaban J connectivity index is 2.17.